The Morgan fingerprint density at radius 3 is 2.71 bits per heavy atom. The van der Waals surface area contributed by atoms with Crippen LogP contribution in [0.2, 0.25) is 0 Å². The SMILES string of the molecule is Cn1ncc2c(NCC3CCC3(F)F)nc(NC[C@H](N)c3ccccc3)nc21. The molecule has 4 N–H and O–H groups in total. The van der Waals surface area contributed by atoms with Crippen molar-refractivity contribution in [1.29, 1.82) is 0 Å². The number of halogens is 2. The van der Waals surface area contributed by atoms with Gasteiger partial charge in [-0.05, 0) is 12.0 Å². The van der Waals surface area contributed by atoms with Crippen molar-refractivity contribution >= 4 is 22.8 Å². The first kappa shape index (κ1) is 18.5. The molecule has 1 aromatic carbocycles. The normalized spacial score (nSPS) is 19.2. The van der Waals surface area contributed by atoms with Gasteiger partial charge in [0.05, 0.1) is 11.6 Å². The van der Waals surface area contributed by atoms with E-state index in [1.165, 1.54) is 0 Å². The first-order chi connectivity index (χ1) is 13.4. The van der Waals surface area contributed by atoms with Gasteiger partial charge in [-0.25, -0.2) is 8.78 Å². The Balaban J connectivity index is 1.51. The van der Waals surface area contributed by atoms with Gasteiger partial charge in [-0.1, -0.05) is 30.3 Å². The van der Waals surface area contributed by atoms with Crippen LogP contribution >= 0.6 is 0 Å². The number of benzene rings is 1. The number of rotatable bonds is 7. The van der Waals surface area contributed by atoms with E-state index in [2.05, 4.69) is 25.7 Å². The lowest BCUT2D eigenvalue weighted by Gasteiger charge is -2.36. The number of anilines is 2. The average Bonchev–Trinajstić information content (AvgIpc) is 3.07. The number of hydrogen-bond donors (Lipinski definition) is 3. The van der Waals surface area contributed by atoms with Crippen LogP contribution in [0.4, 0.5) is 20.5 Å². The van der Waals surface area contributed by atoms with Crippen molar-refractivity contribution in [1.82, 2.24) is 19.7 Å². The predicted molar refractivity (Wildman–Crippen MR) is 104 cm³/mol. The molecule has 0 bridgehead atoms. The Morgan fingerprint density at radius 1 is 1.25 bits per heavy atom. The Morgan fingerprint density at radius 2 is 2.04 bits per heavy atom. The van der Waals surface area contributed by atoms with Crippen LogP contribution in [0.25, 0.3) is 11.0 Å². The zero-order chi connectivity index (χ0) is 19.7. The third kappa shape index (κ3) is 3.62. The second-order valence-electron chi connectivity index (χ2n) is 7.18. The van der Waals surface area contributed by atoms with Crippen molar-refractivity contribution in [3.05, 3.63) is 42.1 Å². The minimum absolute atomic E-state index is 0.0460. The maximum absolute atomic E-state index is 13.6. The van der Waals surface area contributed by atoms with Crippen LogP contribution < -0.4 is 16.4 Å². The first-order valence-corrected chi connectivity index (χ1v) is 9.30. The molecule has 0 aliphatic heterocycles. The topological polar surface area (TPSA) is 93.7 Å². The molecule has 28 heavy (non-hydrogen) atoms. The van der Waals surface area contributed by atoms with Gasteiger partial charge in [0, 0.05) is 38.5 Å². The molecule has 0 spiro atoms. The number of fused-ring (bicyclic) bond motifs is 1. The van der Waals surface area contributed by atoms with E-state index in [9.17, 15) is 8.78 Å². The summed E-state index contributed by atoms with van der Waals surface area (Å²) in [5, 5.41) is 11.1. The fourth-order valence-electron chi connectivity index (χ4n) is 3.29. The van der Waals surface area contributed by atoms with Gasteiger partial charge in [-0.2, -0.15) is 15.1 Å². The summed E-state index contributed by atoms with van der Waals surface area (Å²) in [7, 11) is 1.78. The Bertz CT molecular complexity index is 958. The standard InChI is InChI=1S/C19H23F2N7/c1-28-17-14(10-25-28)16(23-9-13-7-8-19(13,20)21)26-18(27-17)24-11-15(22)12-5-3-2-4-6-12/h2-6,10,13,15H,7-9,11,22H2,1H3,(H2,23,24,26,27)/t13?,15-/m0/s1. The number of nitrogens with zero attached hydrogens (tertiary/aromatic N) is 4. The summed E-state index contributed by atoms with van der Waals surface area (Å²) in [6.45, 7) is 0.602. The summed E-state index contributed by atoms with van der Waals surface area (Å²) in [5.41, 5.74) is 7.84. The third-order valence-corrected chi connectivity index (χ3v) is 5.24. The largest absolute Gasteiger partial charge is 0.369 e. The fourth-order valence-corrected chi connectivity index (χ4v) is 3.29. The zero-order valence-corrected chi connectivity index (χ0v) is 15.6. The number of nitrogens with one attached hydrogen (secondary N) is 2. The lowest BCUT2D eigenvalue weighted by Crippen LogP contribution is -2.42. The van der Waals surface area contributed by atoms with Crippen molar-refractivity contribution in [3.63, 3.8) is 0 Å². The molecule has 0 amide bonds. The van der Waals surface area contributed by atoms with Crippen LogP contribution in [-0.2, 0) is 7.05 Å². The molecular formula is C19H23F2N7. The van der Waals surface area contributed by atoms with Gasteiger partial charge < -0.3 is 16.4 Å². The molecule has 1 saturated carbocycles. The Kier molecular flexibility index (Phi) is 4.84. The van der Waals surface area contributed by atoms with Crippen molar-refractivity contribution in [2.75, 3.05) is 23.7 Å². The van der Waals surface area contributed by atoms with Crippen molar-refractivity contribution < 1.29 is 8.78 Å². The molecule has 9 heteroatoms. The van der Waals surface area contributed by atoms with E-state index < -0.39 is 11.8 Å². The molecule has 148 valence electrons. The predicted octanol–water partition coefficient (Wildman–Crippen LogP) is 2.93. The summed E-state index contributed by atoms with van der Waals surface area (Å²) in [6, 6.07) is 9.51. The molecule has 1 unspecified atom stereocenters. The van der Waals surface area contributed by atoms with Gasteiger partial charge in [-0.15, -0.1) is 0 Å². The molecule has 0 radical (unpaired) electrons. The Labute approximate surface area is 161 Å². The van der Waals surface area contributed by atoms with Gasteiger partial charge >= 0.3 is 0 Å². The van der Waals surface area contributed by atoms with E-state index in [0.717, 1.165) is 5.56 Å². The molecule has 2 atom stereocenters. The van der Waals surface area contributed by atoms with E-state index in [-0.39, 0.29) is 19.0 Å². The number of nitrogens with two attached hydrogens (primary N) is 1. The summed E-state index contributed by atoms with van der Waals surface area (Å²) in [5.74, 6) is -2.39. The molecule has 3 aromatic rings. The van der Waals surface area contributed by atoms with E-state index in [0.29, 0.717) is 35.8 Å². The van der Waals surface area contributed by atoms with Crippen LogP contribution in [0.3, 0.4) is 0 Å². The van der Waals surface area contributed by atoms with Crippen LogP contribution in [0.5, 0.6) is 0 Å². The minimum atomic E-state index is -2.60. The highest BCUT2D eigenvalue weighted by Crippen LogP contribution is 2.43. The van der Waals surface area contributed by atoms with Crippen molar-refractivity contribution in [2.24, 2.45) is 18.7 Å². The molecule has 1 aliphatic carbocycles. The molecule has 7 nitrogen and oxygen atoms in total. The van der Waals surface area contributed by atoms with Crippen LogP contribution in [0.1, 0.15) is 24.4 Å². The lowest BCUT2D eigenvalue weighted by atomic mass is 9.81. The second kappa shape index (κ2) is 7.31. The minimum Gasteiger partial charge on any atom is -0.369 e. The highest BCUT2D eigenvalue weighted by atomic mass is 19.3. The third-order valence-electron chi connectivity index (χ3n) is 5.24. The van der Waals surface area contributed by atoms with Gasteiger partial charge in [0.2, 0.25) is 5.95 Å². The number of hydrogen-bond acceptors (Lipinski definition) is 6. The maximum Gasteiger partial charge on any atom is 0.252 e. The highest BCUT2D eigenvalue weighted by molar-refractivity contribution is 5.87. The lowest BCUT2D eigenvalue weighted by molar-refractivity contribution is -0.126. The van der Waals surface area contributed by atoms with Gasteiger partial charge in [0.1, 0.15) is 5.82 Å². The summed E-state index contributed by atoms with van der Waals surface area (Å²) < 4.78 is 28.7. The molecule has 0 saturated heterocycles. The molecule has 1 fully saturated rings. The van der Waals surface area contributed by atoms with Crippen LogP contribution in [0, 0.1) is 5.92 Å². The molecule has 1 aliphatic rings. The Hall–Kier alpha value is -2.81. The van der Waals surface area contributed by atoms with E-state index in [1.54, 1.807) is 17.9 Å². The first-order valence-electron chi connectivity index (χ1n) is 9.30. The smallest absolute Gasteiger partial charge is 0.252 e. The van der Waals surface area contributed by atoms with Crippen molar-refractivity contribution in [3.8, 4) is 0 Å². The summed E-state index contributed by atoms with van der Waals surface area (Å²) >= 11 is 0. The molecule has 2 aromatic heterocycles. The number of aromatic nitrogens is 4. The second-order valence-corrected chi connectivity index (χ2v) is 7.18. The molecule has 4 rings (SSSR count). The monoisotopic (exact) mass is 387 g/mol. The highest BCUT2D eigenvalue weighted by Gasteiger charge is 2.47. The molecule has 2 heterocycles. The maximum atomic E-state index is 13.6. The van der Waals surface area contributed by atoms with Crippen molar-refractivity contribution in [2.45, 2.75) is 24.8 Å². The van der Waals surface area contributed by atoms with Crippen LogP contribution in [0.15, 0.2) is 36.5 Å². The van der Waals surface area contributed by atoms with Gasteiger partial charge in [0.25, 0.3) is 5.92 Å². The van der Waals surface area contributed by atoms with Gasteiger partial charge in [-0.3, -0.25) is 4.68 Å². The zero-order valence-electron chi connectivity index (χ0n) is 15.6. The number of aryl methyl sites for hydroxylation is 1. The van der Waals surface area contributed by atoms with Gasteiger partial charge in [0.15, 0.2) is 5.65 Å². The summed E-state index contributed by atoms with van der Waals surface area (Å²) in [4.78, 5) is 8.96. The average molecular weight is 387 g/mol. The molecular weight excluding hydrogens is 364 g/mol. The fraction of sp³-hybridized carbons (Fsp3) is 0.421. The van der Waals surface area contributed by atoms with E-state index in [4.69, 9.17) is 5.73 Å². The van der Waals surface area contributed by atoms with Crippen LogP contribution in [-0.4, -0.2) is 38.8 Å². The summed E-state index contributed by atoms with van der Waals surface area (Å²) in [6.07, 6.45) is 2.10. The number of alkyl halides is 2. The van der Waals surface area contributed by atoms with E-state index in [1.807, 2.05) is 30.3 Å². The van der Waals surface area contributed by atoms with E-state index >= 15 is 0 Å². The quantitative estimate of drug-likeness (QED) is 0.577.